The summed E-state index contributed by atoms with van der Waals surface area (Å²) >= 11 is 1.73. The Morgan fingerprint density at radius 1 is 1.25 bits per heavy atom. The van der Waals surface area contributed by atoms with Crippen molar-refractivity contribution in [1.82, 2.24) is 15.1 Å². The number of nitrogens with zero attached hydrogens (tertiary/aromatic N) is 2. The summed E-state index contributed by atoms with van der Waals surface area (Å²) < 4.78 is 7.57. The minimum atomic E-state index is -0.0349. The molecule has 0 unspecified atom stereocenters. The zero-order valence-corrected chi connectivity index (χ0v) is 16.9. The van der Waals surface area contributed by atoms with Gasteiger partial charge in [0.25, 0.3) is 0 Å². The average Bonchev–Trinajstić information content (AvgIpc) is 3.11. The summed E-state index contributed by atoms with van der Waals surface area (Å²) in [6, 6.07) is 14.5. The van der Waals surface area contributed by atoms with Gasteiger partial charge < -0.3 is 10.1 Å². The largest absolute Gasteiger partial charge is 0.488 e. The van der Waals surface area contributed by atoms with Crippen LogP contribution in [0.5, 0.6) is 5.75 Å². The molecule has 144 valence electrons. The van der Waals surface area contributed by atoms with Crippen LogP contribution in [0.25, 0.3) is 11.3 Å². The van der Waals surface area contributed by atoms with Crippen LogP contribution >= 0.6 is 11.8 Å². The summed E-state index contributed by atoms with van der Waals surface area (Å²) in [5.74, 6) is 0.807. The molecule has 2 aromatic carbocycles. The lowest BCUT2D eigenvalue weighted by Gasteiger charge is -2.19. The molecule has 1 aliphatic rings. The van der Waals surface area contributed by atoms with Gasteiger partial charge in [-0.05, 0) is 49.4 Å². The predicted octanol–water partition coefficient (Wildman–Crippen LogP) is 3.83. The Kier molecular flexibility index (Phi) is 5.39. The zero-order chi connectivity index (χ0) is 19.5. The Bertz CT molecular complexity index is 996. The fourth-order valence-corrected chi connectivity index (χ4v) is 3.81. The molecule has 0 saturated heterocycles. The van der Waals surface area contributed by atoms with Gasteiger partial charge >= 0.3 is 0 Å². The van der Waals surface area contributed by atoms with E-state index in [4.69, 9.17) is 4.74 Å². The van der Waals surface area contributed by atoms with Crippen LogP contribution in [0.2, 0.25) is 0 Å². The number of rotatable bonds is 6. The highest BCUT2D eigenvalue weighted by atomic mass is 32.2. The lowest BCUT2D eigenvalue weighted by atomic mass is 10.0. The number of carbonyl (C=O) groups excluding carboxylic acids is 1. The van der Waals surface area contributed by atoms with E-state index in [2.05, 4.69) is 47.0 Å². The predicted molar refractivity (Wildman–Crippen MR) is 112 cm³/mol. The van der Waals surface area contributed by atoms with E-state index in [1.165, 1.54) is 10.5 Å². The van der Waals surface area contributed by atoms with E-state index >= 15 is 0 Å². The summed E-state index contributed by atoms with van der Waals surface area (Å²) in [5.41, 5.74) is 5.36. The number of benzene rings is 2. The molecule has 0 atom stereocenters. The van der Waals surface area contributed by atoms with Crippen molar-refractivity contribution in [2.45, 2.75) is 31.4 Å². The van der Waals surface area contributed by atoms with E-state index in [9.17, 15) is 4.79 Å². The van der Waals surface area contributed by atoms with Crippen molar-refractivity contribution in [2.75, 3.05) is 12.8 Å². The molecule has 0 spiro atoms. The number of aryl methyl sites for hydroxylation is 1. The molecular weight excluding hydrogens is 370 g/mol. The summed E-state index contributed by atoms with van der Waals surface area (Å²) in [7, 11) is 0. The number of hydrogen-bond donors (Lipinski definition) is 1. The zero-order valence-electron chi connectivity index (χ0n) is 16.1. The molecule has 1 aromatic heterocycles. The van der Waals surface area contributed by atoms with Crippen molar-refractivity contribution in [3.63, 3.8) is 0 Å². The minimum absolute atomic E-state index is 0.0349. The van der Waals surface area contributed by atoms with Gasteiger partial charge in [-0.1, -0.05) is 23.8 Å². The van der Waals surface area contributed by atoms with Crippen LogP contribution in [0.1, 0.15) is 16.7 Å². The van der Waals surface area contributed by atoms with Gasteiger partial charge in [-0.2, -0.15) is 5.10 Å². The molecule has 4 rings (SSSR count). The highest BCUT2D eigenvalue weighted by Crippen LogP contribution is 2.37. The van der Waals surface area contributed by atoms with Gasteiger partial charge in [0.1, 0.15) is 18.9 Å². The molecule has 28 heavy (non-hydrogen) atoms. The number of carbonyl (C=O) groups is 1. The fourth-order valence-electron chi connectivity index (χ4n) is 3.40. The first-order valence-electron chi connectivity index (χ1n) is 9.32. The minimum Gasteiger partial charge on any atom is -0.488 e. The molecule has 0 fully saturated rings. The maximum atomic E-state index is 12.5. The van der Waals surface area contributed by atoms with Crippen LogP contribution < -0.4 is 10.1 Å². The number of aromatic nitrogens is 2. The molecule has 5 nitrogen and oxygen atoms in total. The van der Waals surface area contributed by atoms with Crippen LogP contribution in [-0.2, 0) is 24.4 Å². The van der Waals surface area contributed by atoms with Crippen molar-refractivity contribution >= 4 is 17.7 Å². The van der Waals surface area contributed by atoms with E-state index in [1.807, 2.05) is 19.1 Å². The third-order valence-electron chi connectivity index (χ3n) is 4.88. The van der Waals surface area contributed by atoms with Gasteiger partial charge in [-0.15, -0.1) is 11.8 Å². The molecule has 1 aliphatic heterocycles. The molecule has 0 saturated carbocycles. The molecule has 2 heterocycles. The van der Waals surface area contributed by atoms with Gasteiger partial charge in [0.15, 0.2) is 0 Å². The van der Waals surface area contributed by atoms with E-state index < -0.39 is 0 Å². The summed E-state index contributed by atoms with van der Waals surface area (Å²) in [4.78, 5) is 13.7. The normalized spacial score (nSPS) is 12.1. The SMILES string of the molecule is CSc1ccc(CCNC(=O)Cn2ncc3c2-c2cc(C)ccc2OC3)cc1. The van der Waals surface area contributed by atoms with Gasteiger partial charge in [0.05, 0.1) is 11.9 Å². The summed E-state index contributed by atoms with van der Waals surface area (Å²) in [6.07, 6.45) is 4.67. The Labute approximate surface area is 169 Å². The summed E-state index contributed by atoms with van der Waals surface area (Å²) in [6.45, 7) is 3.35. The number of hydrogen-bond acceptors (Lipinski definition) is 4. The third-order valence-corrected chi connectivity index (χ3v) is 5.62. The van der Waals surface area contributed by atoms with Crippen molar-refractivity contribution in [3.8, 4) is 17.0 Å². The van der Waals surface area contributed by atoms with Crippen LogP contribution in [0, 0.1) is 6.92 Å². The second kappa shape index (κ2) is 8.10. The van der Waals surface area contributed by atoms with Gasteiger partial charge in [-0.25, -0.2) is 0 Å². The maximum absolute atomic E-state index is 12.5. The fraction of sp³-hybridized carbons (Fsp3) is 0.273. The van der Waals surface area contributed by atoms with Crippen LogP contribution in [0.3, 0.4) is 0 Å². The highest BCUT2D eigenvalue weighted by Gasteiger charge is 2.23. The van der Waals surface area contributed by atoms with E-state index in [0.717, 1.165) is 34.6 Å². The Hall–Kier alpha value is -2.73. The molecule has 1 amide bonds. The molecule has 1 N–H and O–H groups in total. The van der Waals surface area contributed by atoms with Gasteiger partial charge in [-0.3, -0.25) is 9.48 Å². The molecule has 0 radical (unpaired) electrons. The number of nitrogens with one attached hydrogen (secondary N) is 1. The standard InChI is InChI=1S/C22H23N3O2S/c1-15-3-8-20-19(11-15)22-17(14-27-20)12-24-25(22)13-21(26)23-10-9-16-4-6-18(28-2)7-5-16/h3-8,11-12H,9-10,13-14H2,1-2H3,(H,23,26). The second-order valence-corrected chi connectivity index (χ2v) is 7.79. The van der Waals surface area contributed by atoms with E-state index in [1.54, 1.807) is 22.6 Å². The average molecular weight is 394 g/mol. The quantitative estimate of drug-likeness (QED) is 0.647. The highest BCUT2D eigenvalue weighted by molar-refractivity contribution is 7.98. The number of amides is 1. The van der Waals surface area contributed by atoms with Crippen LogP contribution in [0.4, 0.5) is 0 Å². The molecule has 6 heteroatoms. The van der Waals surface area contributed by atoms with Crippen molar-refractivity contribution in [3.05, 3.63) is 65.4 Å². The van der Waals surface area contributed by atoms with Gasteiger partial charge in [0.2, 0.25) is 5.91 Å². The van der Waals surface area contributed by atoms with Crippen LogP contribution in [-0.4, -0.2) is 28.5 Å². The lowest BCUT2D eigenvalue weighted by molar-refractivity contribution is -0.121. The Morgan fingerprint density at radius 2 is 2.07 bits per heavy atom. The topological polar surface area (TPSA) is 56.2 Å². The molecule has 3 aromatic rings. The first-order chi connectivity index (χ1) is 13.6. The third kappa shape index (κ3) is 3.92. The number of ether oxygens (including phenoxy) is 1. The maximum Gasteiger partial charge on any atom is 0.241 e. The van der Waals surface area contributed by atoms with Crippen molar-refractivity contribution in [1.29, 1.82) is 0 Å². The number of fused-ring (bicyclic) bond motifs is 3. The summed E-state index contributed by atoms with van der Waals surface area (Å²) in [5, 5.41) is 7.43. The molecular formula is C22H23N3O2S. The first-order valence-corrected chi connectivity index (χ1v) is 10.5. The van der Waals surface area contributed by atoms with Crippen molar-refractivity contribution in [2.24, 2.45) is 0 Å². The van der Waals surface area contributed by atoms with Crippen LogP contribution in [0.15, 0.2) is 53.6 Å². The number of thioether (sulfide) groups is 1. The lowest BCUT2D eigenvalue weighted by Crippen LogP contribution is -2.30. The van der Waals surface area contributed by atoms with E-state index in [0.29, 0.717) is 13.2 Å². The van der Waals surface area contributed by atoms with Crippen molar-refractivity contribution < 1.29 is 9.53 Å². The Balaban J connectivity index is 1.40. The second-order valence-electron chi connectivity index (χ2n) is 6.91. The van der Waals surface area contributed by atoms with Gasteiger partial charge in [0, 0.05) is 22.6 Å². The smallest absolute Gasteiger partial charge is 0.241 e. The van der Waals surface area contributed by atoms with E-state index in [-0.39, 0.29) is 12.5 Å². The first kappa shape index (κ1) is 18.6. The molecule has 0 bridgehead atoms. The molecule has 0 aliphatic carbocycles. The Morgan fingerprint density at radius 3 is 2.86 bits per heavy atom. The monoisotopic (exact) mass is 393 g/mol.